The summed E-state index contributed by atoms with van der Waals surface area (Å²) in [7, 11) is 0. The van der Waals surface area contributed by atoms with Crippen molar-refractivity contribution >= 4 is 17.6 Å². The van der Waals surface area contributed by atoms with Crippen LogP contribution in [0.15, 0.2) is 24.3 Å². The zero-order valence-electron chi connectivity index (χ0n) is 9.90. The zero-order chi connectivity index (χ0) is 12.8. The molecule has 3 N–H and O–H groups in total. The summed E-state index contributed by atoms with van der Waals surface area (Å²) in [6.07, 6.45) is 0. The van der Waals surface area contributed by atoms with E-state index in [1.165, 1.54) is 0 Å². The van der Waals surface area contributed by atoms with E-state index in [0.29, 0.717) is 11.3 Å². The SMILES string of the molecule is CCOC(=O)C(C)NC(=O)c1ccccc1N. The number of hydrogen-bond donors (Lipinski definition) is 2. The fraction of sp³-hybridized carbons (Fsp3) is 0.333. The summed E-state index contributed by atoms with van der Waals surface area (Å²) in [5, 5.41) is 2.53. The third kappa shape index (κ3) is 3.48. The Morgan fingerprint density at radius 2 is 2.06 bits per heavy atom. The van der Waals surface area contributed by atoms with E-state index in [1.807, 2.05) is 0 Å². The van der Waals surface area contributed by atoms with Crippen LogP contribution in [0.1, 0.15) is 24.2 Å². The molecule has 1 aromatic rings. The topological polar surface area (TPSA) is 81.4 Å². The first-order valence-electron chi connectivity index (χ1n) is 5.38. The van der Waals surface area contributed by atoms with Crippen LogP contribution in [-0.4, -0.2) is 24.5 Å². The monoisotopic (exact) mass is 236 g/mol. The molecule has 92 valence electrons. The minimum absolute atomic E-state index is 0.284. The number of anilines is 1. The number of nitrogens with two attached hydrogens (primary N) is 1. The van der Waals surface area contributed by atoms with Crippen LogP contribution in [0.5, 0.6) is 0 Å². The predicted octanol–water partition coefficient (Wildman–Crippen LogP) is 0.950. The Morgan fingerprint density at radius 3 is 2.65 bits per heavy atom. The van der Waals surface area contributed by atoms with Crippen molar-refractivity contribution in [3.05, 3.63) is 29.8 Å². The van der Waals surface area contributed by atoms with Crippen LogP contribution in [0.3, 0.4) is 0 Å². The van der Waals surface area contributed by atoms with Crippen LogP contribution in [0.2, 0.25) is 0 Å². The maximum atomic E-state index is 11.8. The number of carbonyl (C=O) groups is 2. The number of benzene rings is 1. The molecule has 5 heteroatoms. The molecule has 1 atom stereocenters. The lowest BCUT2D eigenvalue weighted by atomic mass is 10.1. The van der Waals surface area contributed by atoms with Gasteiger partial charge in [0, 0.05) is 5.69 Å². The van der Waals surface area contributed by atoms with E-state index < -0.39 is 12.0 Å². The molecule has 0 radical (unpaired) electrons. The van der Waals surface area contributed by atoms with Gasteiger partial charge in [0.15, 0.2) is 0 Å². The third-order valence-corrected chi connectivity index (χ3v) is 2.19. The second-order valence-electron chi connectivity index (χ2n) is 3.53. The van der Waals surface area contributed by atoms with E-state index in [0.717, 1.165) is 0 Å². The fourth-order valence-corrected chi connectivity index (χ4v) is 1.30. The van der Waals surface area contributed by atoms with Crippen molar-refractivity contribution in [3.8, 4) is 0 Å². The number of hydrogen-bond acceptors (Lipinski definition) is 4. The number of esters is 1. The first-order chi connectivity index (χ1) is 8.06. The van der Waals surface area contributed by atoms with Crippen LogP contribution < -0.4 is 11.1 Å². The van der Waals surface area contributed by atoms with Gasteiger partial charge in [0.25, 0.3) is 5.91 Å². The molecule has 0 bridgehead atoms. The zero-order valence-corrected chi connectivity index (χ0v) is 9.90. The highest BCUT2D eigenvalue weighted by atomic mass is 16.5. The fourth-order valence-electron chi connectivity index (χ4n) is 1.30. The Balaban J connectivity index is 2.67. The van der Waals surface area contributed by atoms with Gasteiger partial charge in [-0.1, -0.05) is 12.1 Å². The number of amides is 1. The molecule has 1 amide bonds. The molecule has 17 heavy (non-hydrogen) atoms. The van der Waals surface area contributed by atoms with Gasteiger partial charge in [-0.15, -0.1) is 0 Å². The molecule has 1 unspecified atom stereocenters. The number of para-hydroxylation sites is 1. The summed E-state index contributed by atoms with van der Waals surface area (Å²) in [4.78, 5) is 23.1. The molecule has 0 fully saturated rings. The molecule has 0 saturated carbocycles. The summed E-state index contributed by atoms with van der Waals surface area (Å²) >= 11 is 0. The second-order valence-corrected chi connectivity index (χ2v) is 3.53. The normalized spacial score (nSPS) is 11.6. The highest BCUT2D eigenvalue weighted by Gasteiger charge is 2.18. The lowest BCUT2D eigenvalue weighted by molar-refractivity contribution is -0.144. The molecular formula is C12H16N2O3. The third-order valence-electron chi connectivity index (χ3n) is 2.19. The van der Waals surface area contributed by atoms with Gasteiger partial charge < -0.3 is 15.8 Å². The number of nitrogens with one attached hydrogen (secondary N) is 1. The lowest BCUT2D eigenvalue weighted by Crippen LogP contribution is -2.39. The van der Waals surface area contributed by atoms with Gasteiger partial charge in [-0.2, -0.15) is 0 Å². The van der Waals surface area contributed by atoms with Gasteiger partial charge in [-0.05, 0) is 26.0 Å². The van der Waals surface area contributed by atoms with Crippen molar-refractivity contribution in [2.45, 2.75) is 19.9 Å². The summed E-state index contributed by atoms with van der Waals surface area (Å²) in [5.74, 6) is -0.848. The van der Waals surface area contributed by atoms with Crippen molar-refractivity contribution in [1.29, 1.82) is 0 Å². The largest absolute Gasteiger partial charge is 0.464 e. The number of nitrogen functional groups attached to an aromatic ring is 1. The Labute approximate surface area is 99.9 Å². The van der Waals surface area contributed by atoms with E-state index in [2.05, 4.69) is 5.32 Å². The molecule has 0 aliphatic heterocycles. The second kappa shape index (κ2) is 5.89. The standard InChI is InChI=1S/C12H16N2O3/c1-3-17-12(16)8(2)14-11(15)9-6-4-5-7-10(9)13/h4-8H,3,13H2,1-2H3,(H,14,15). The Morgan fingerprint density at radius 1 is 1.41 bits per heavy atom. The first-order valence-corrected chi connectivity index (χ1v) is 5.38. The number of carbonyl (C=O) groups excluding carboxylic acids is 2. The number of rotatable bonds is 4. The Bertz CT molecular complexity index is 418. The lowest BCUT2D eigenvalue weighted by Gasteiger charge is -2.13. The minimum atomic E-state index is -0.693. The molecular weight excluding hydrogens is 220 g/mol. The highest BCUT2D eigenvalue weighted by Crippen LogP contribution is 2.10. The smallest absolute Gasteiger partial charge is 0.328 e. The maximum Gasteiger partial charge on any atom is 0.328 e. The minimum Gasteiger partial charge on any atom is -0.464 e. The molecule has 0 aliphatic carbocycles. The summed E-state index contributed by atoms with van der Waals surface area (Å²) in [6.45, 7) is 3.56. The quantitative estimate of drug-likeness (QED) is 0.602. The first kappa shape index (κ1) is 13.0. The molecule has 0 aliphatic rings. The molecule has 0 aromatic heterocycles. The van der Waals surface area contributed by atoms with Crippen LogP contribution in [0.4, 0.5) is 5.69 Å². The molecule has 0 saturated heterocycles. The Kier molecular flexibility index (Phi) is 4.51. The average molecular weight is 236 g/mol. The highest BCUT2D eigenvalue weighted by molar-refractivity contribution is 6.00. The maximum absolute atomic E-state index is 11.8. The van der Waals surface area contributed by atoms with Gasteiger partial charge >= 0.3 is 5.97 Å². The van der Waals surface area contributed by atoms with E-state index in [-0.39, 0.29) is 12.5 Å². The van der Waals surface area contributed by atoms with Gasteiger partial charge in [0.05, 0.1) is 12.2 Å². The van der Waals surface area contributed by atoms with E-state index in [1.54, 1.807) is 38.1 Å². The number of ether oxygens (including phenoxy) is 1. The van der Waals surface area contributed by atoms with Crippen molar-refractivity contribution in [3.63, 3.8) is 0 Å². The van der Waals surface area contributed by atoms with Gasteiger partial charge in [0.1, 0.15) is 6.04 Å². The van der Waals surface area contributed by atoms with Crippen molar-refractivity contribution in [2.75, 3.05) is 12.3 Å². The molecule has 5 nitrogen and oxygen atoms in total. The van der Waals surface area contributed by atoms with Crippen molar-refractivity contribution < 1.29 is 14.3 Å². The van der Waals surface area contributed by atoms with E-state index in [9.17, 15) is 9.59 Å². The van der Waals surface area contributed by atoms with Gasteiger partial charge in [-0.3, -0.25) is 4.79 Å². The van der Waals surface area contributed by atoms with Gasteiger partial charge in [0.2, 0.25) is 0 Å². The predicted molar refractivity (Wildman–Crippen MR) is 64.4 cm³/mol. The molecule has 0 spiro atoms. The van der Waals surface area contributed by atoms with Crippen LogP contribution in [0, 0.1) is 0 Å². The Hall–Kier alpha value is -2.04. The van der Waals surface area contributed by atoms with Crippen LogP contribution >= 0.6 is 0 Å². The van der Waals surface area contributed by atoms with Crippen molar-refractivity contribution in [1.82, 2.24) is 5.32 Å². The van der Waals surface area contributed by atoms with Crippen molar-refractivity contribution in [2.24, 2.45) is 0 Å². The van der Waals surface area contributed by atoms with Gasteiger partial charge in [-0.25, -0.2) is 4.79 Å². The van der Waals surface area contributed by atoms with Crippen LogP contribution in [-0.2, 0) is 9.53 Å². The molecule has 1 rings (SSSR count). The summed E-state index contributed by atoms with van der Waals surface area (Å²) in [6, 6.07) is 5.98. The van der Waals surface area contributed by atoms with E-state index >= 15 is 0 Å². The van der Waals surface area contributed by atoms with E-state index in [4.69, 9.17) is 10.5 Å². The molecule has 1 aromatic carbocycles. The molecule has 0 heterocycles. The average Bonchev–Trinajstić information content (AvgIpc) is 2.29. The summed E-state index contributed by atoms with van der Waals surface area (Å²) in [5.41, 5.74) is 6.38. The summed E-state index contributed by atoms with van der Waals surface area (Å²) < 4.78 is 4.79. The van der Waals surface area contributed by atoms with Crippen LogP contribution in [0.25, 0.3) is 0 Å².